The van der Waals surface area contributed by atoms with E-state index in [-0.39, 0.29) is 17.1 Å². The number of hydrogen-bond donors (Lipinski definition) is 1. The third kappa shape index (κ3) is 3.04. The largest absolute Gasteiger partial charge is 0.288 e. The molecule has 3 nitrogen and oxygen atoms in total. The molecule has 1 N–H and O–H groups in total. The molecule has 1 atom stereocenters. The molecule has 0 aromatic heterocycles. The number of hydrogen-bond acceptors (Lipinski definition) is 3. The van der Waals surface area contributed by atoms with E-state index in [1.165, 1.54) is 11.1 Å². The third-order valence-corrected chi connectivity index (χ3v) is 5.30. The summed E-state index contributed by atoms with van der Waals surface area (Å²) in [4.78, 5) is 24.6. The monoisotopic (exact) mass is 325 g/mol. The van der Waals surface area contributed by atoms with Crippen molar-refractivity contribution in [2.45, 2.75) is 36.8 Å². The summed E-state index contributed by atoms with van der Waals surface area (Å²) in [5.41, 5.74) is 3.52. The minimum absolute atomic E-state index is 0.198. The molecule has 2 amide bonds. The molecule has 1 unspecified atom stereocenters. The zero-order chi connectivity index (χ0) is 16.6. The predicted octanol–water partition coefficient (Wildman–Crippen LogP) is 4.55. The molecule has 0 radical (unpaired) electrons. The molecule has 4 heteroatoms. The zero-order valence-corrected chi connectivity index (χ0v) is 14.2. The summed E-state index contributed by atoms with van der Waals surface area (Å²) in [6.45, 7) is 6.48. The highest BCUT2D eigenvalue weighted by atomic mass is 32.2. The smallest absolute Gasteiger partial charge is 0.260 e. The maximum Gasteiger partial charge on any atom is 0.260 e. The Morgan fingerprint density at radius 3 is 2.35 bits per heavy atom. The molecule has 1 aliphatic rings. The van der Waals surface area contributed by atoms with Crippen LogP contribution < -0.4 is 5.32 Å². The number of rotatable bonds is 4. The van der Waals surface area contributed by atoms with Gasteiger partial charge in [0.15, 0.2) is 0 Å². The minimum atomic E-state index is -0.304. The maximum absolute atomic E-state index is 12.0. The number of fused-ring (bicyclic) bond motifs is 1. The normalized spacial score (nSPS) is 14.8. The molecular weight excluding hydrogens is 306 g/mol. The summed E-state index contributed by atoms with van der Waals surface area (Å²) in [6, 6.07) is 14.0. The lowest BCUT2D eigenvalue weighted by Gasteiger charge is -2.15. The topological polar surface area (TPSA) is 46.2 Å². The quantitative estimate of drug-likeness (QED) is 0.663. The Hall–Kier alpha value is -2.07. The van der Waals surface area contributed by atoms with Crippen LogP contribution in [0.4, 0.5) is 0 Å². The van der Waals surface area contributed by atoms with E-state index in [9.17, 15) is 9.59 Å². The molecule has 1 aliphatic heterocycles. The molecule has 118 valence electrons. The van der Waals surface area contributed by atoms with Crippen molar-refractivity contribution in [1.82, 2.24) is 5.32 Å². The van der Waals surface area contributed by atoms with Gasteiger partial charge in [-0.05, 0) is 36.1 Å². The Morgan fingerprint density at radius 1 is 0.913 bits per heavy atom. The second-order valence-corrected chi connectivity index (χ2v) is 7.43. The summed E-state index contributed by atoms with van der Waals surface area (Å²) in [6.07, 6.45) is 0. The van der Waals surface area contributed by atoms with Crippen LogP contribution in [0.2, 0.25) is 0 Å². The first-order chi connectivity index (χ1) is 11.0. The van der Waals surface area contributed by atoms with E-state index in [1.54, 1.807) is 17.8 Å². The van der Waals surface area contributed by atoms with E-state index >= 15 is 0 Å². The number of thioether (sulfide) groups is 1. The van der Waals surface area contributed by atoms with Crippen molar-refractivity contribution in [3.8, 4) is 0 Å². The van der Waals surface area contributed by atoms with E-state index in [2.05, 4.69) is 50.4 Å². The van der Waals surface area contributed by atoms with Gasteiger partial charge in [-0.25, -0.2) is 0 Å². The first-order valence-corrected chi connectivity index (χ1v) is 8.60. The average Bonchev–Trinajstić information content (AvgIpc) is 2.83. The molecule has 23 heavy (non-hydrogen) atoms. The molecule has 0 spiro atoms. The summed E-state index contributed by atoms with van der Waals surface area (Å²) >= 11 is 1.62. The van der Waals surface area contributed by atoms with Gasteiger partial charge in [0.1, 0.15) is 0 Å². The van der Waals surface area contributed by atoms with E-state index in [0.717, 1.165) is 4.90 Å². The number of carbonyl (C=O) groups excluding carboxylic acids is 2. The Kier molecular flexibility index (Phi) is 4.26. The second kappa shape index (κ2) is 6.20. The molecule has 0 aliphatic carbocycles. The number of benzene rings is 2. The standard InChI is InChI=1S/C19H19NO2S/c1-11(2)13-6-4-7-14(10-13)12(3)23-16-9-5-8-15-17(16)19(22)20-18(15)21/h4-12H,1-3H3,(H,20,21,22). The molecule has 0 bridgehead atoms. The van der Waals surface area contributed by atoms with Gasteiger partial charge in [0, 0.05) is 10.1 Å². The van der Waals surface area contributed by atoms with Gasteiger partial charge in [-0.2, -0.15) is 0 Å². The minimum Gasteiger partial charge on any atom is -0.288 e. The predicted molar refractivity (Wildman–Crippen MR) is 93.0 cm³/mol. The Bertz CT molecular complexity index is 783. The van der Waals surface area contributed by atoms with Crippen LogP contribution in [0, 0.1) is 0 Å². The van der Waals surface area contributed by atoms with Crippen LogP contribution >= 0.6 is 11.8 Å². The third-order valence-electron chi connectivity index (χ3n) is 4.08. The summed E-state index contributed by atoms with van der Waals surface area (Å²) in [7, 11) is 0. The molecule has 0 saturated carbocycles. The first-order valence-electron chi connectivity index (χ1n) is 7.72. The lowest BCUT2D eigenvalue weighted by atomic mass is 10.00. The van der Waals surface area contributed by atoms with E-state index in [1.807, 2.05) is 12.1 Å². The zero-order valence-electron chi connectivity index (χ0n) is 13.4. The summed E-state index contributed by atoms with van der Waals surface area (Å²) in [5, 5.41) is 2.57. The van der Waals surface area contributed by atoms with Gasteiger partial charge in [-0.3, -0.25) is 14.9 Å². The van der Waals surface area contributed by atoms with Crippen molar-refractivity contribution in [3.63, 3.8) is 0 Å². The number of nitrogens with one attached hydrogen (secondary N) is 1. The fourth-order valence-electron chi connectivity index (χ4n) is 2.72. The molecule has 3 rings (SSSR count). The fourth-order valence-corrected chi connectivity index (χ4v) is 3.86. The molecule has 0 fully saturated rings. The van der Waals surface area contributed by atoms with Crippen LogP contribution in [0.1, 0.15) is 63.8 Å². The van der Waals surface area contributed by atoms with Gasteiger partial charge in [0.2, 0.25) is 0 Å². The van der Waals surface area contributed by atoms with Crippen molar-refractivity contribution >= 4 is 23.6 Å². The average molecular weight is 325 g/mol. The summed E-state index contributed by atoms with van der Waals surface area (Å²) in [5.74, 6) is -0.116. The van der Waals surface area contributed by atoms with Crippen molar-refractivity contribution in [2.24, 2.45) is 0 Å². The van der Waals surface area contributed by atoms with Crippen LogP contribution in [0.5, 0.6) is 0 Å². The highest BCUT2D eigenvalue weighted by Crippen LogP contribution is 2.39. The highest BCUT2D eigenvalue weighted by molar-refractivity contribution is 7.99. The number of imide groups is 1. The van der Waals surface area contributed by atoms with Crippen LogP contribution in [0.15, 0.2) is 47.4 Å². The number of carbonyl (C=O) groups is 2. The molecule has 2 aromatic rings. The van der Waals surface area contributed by atoms with Crippen molar-refractivity contribution in [2.75, 3.05) is 0 Å². The summed E-state index contributed by atoms with van der Waals surface area (Å²) < 4.78 is 0. The van der Waals surface area contributed by atoms with Gasteiger partial charge in [-0.1, -0.05) is 44.2 Å². The van der Waals surface area contributed by atoms with Gasteiger partial charge < -0.3 is 0 Å². The van der Waals surface area contributed by atoms with Crippen molar-refractivity contribution in [3.05, 3.63) is 64.7 Å². The highest BCUT2D eigenvalue weighted by Gasteiger charge is 2.29. The van der Waals surface area contributed by atoms with E-state index in [4.69, 9.17) is 0 Å². The van der Waals surface area contributed by atoms with Gasteiger partial charge in [-0.15, -0.1) is 11.8 Å². The van der Waals surface area contributed by atoms with E-state index < -0.39 is 0 Å². The van der Waals surface area contributed by atoms with Crippen molar-refractivity contribution in [1.29, 1.82) is 0 Å². The molecule has 0 saturated heterocycles. The van der Waals surface area contributed by atoms with Gasteiger partial charge in [0.05, 0.1) is 11.1 Å². The maximum atomic E-state index is 12.0. The van der Waals surface area contributed by atoms with Crippen LogP contribution in [0.3, 0.4) is 0 Å². The Balaban J connectivity index is 1.90. The number of amides is 2. The van der Waals surface area contributed by atoms with Crippen LogP contribution in [-0.2, 0) is 0 Å². The lowest BCUT2D eigenvalue weighted by molar-refractivity contribution is 0.0879. The van der Waals surface area contributed by atoms with Crippen molar-refractivity contribution < 1.29 is 9.59 Å². The first kappa shape index (κ1) is 15.8. The lowest BCUT2D eigenvalue weighted by Crippen LogP contribution is -2.20. The molecule has 1 heterocycles. The van der Waals surface area contributed by atoms with Crippen LogP contribution in [0.25, 0.3) is 0 Å². The Morgan fingerprint density at radius 2 is 1.61 bits per heavy atom. The van der Waals surface area contributed by atoms with Gasteiger partial charge in [0.25, 0.3) is 11.8 Å². The van der Waals surface area contributed by atoms with Gasteiger partial charge >= 0.3 is 0 Å². The Labute approximate surface area is 140 Å². The second-order valence-electron chi connectivity index (χ2n) is 6.05. The molecule has 2 aromatic carbocycles. The van der Waals surface area contributed by atoms with Crippen LogP contribution in [-0.4, -0.2) is 11.8 Å². The fraction of sp³-hybridized carbons (Fsp3) is 0.263. The molecular formula is C19H19NO2S. The van der Waals surface area contributed by atoms with E-state index in [0.29, 0.717) is 17.0 Å². The SMILES string of the molecule is CC(C)c1cccc(C(C)Sc2cccc3c2C(=O)NC3=O)c1.